The predicted octanol–water partition coefficient (Wildman–Crippen LogP) is 1.61. The molecule has 3 N–H and O–H groups in total. The van der Waals surface area contributed by atoms with Gasteiger partial charge in [0.15, 0.2) is 0 Å². The second-order valence-corrected chi connectivity index (χ2v) is 3.55. The van der Waals surface area contributed by atoms with E-state index in [9.17, 15) is 4.79 Å². The van der Waals surface area contributed by atoms with Gasteiger partial charge in [0.05, 0.1) is 7.11 Å². The van der Waals surface area contributed by atoms with Gasteiger partial charge in [-0.15, -0.1) is 6.58 Å². The smallest absolute Gasteiger partial charge is 0.325 e. The first kappa shape index (κ1) is 15.6. The number of likely N-dealkylation sites (N-methyl/N-ethyl adjacent to an activating group) is 1. The molecule has 0 radical (unpaired) electrons. The lowest BCUT2D eigenvalue weighted by atomic mass is 10.0. The van der Waals surface area contributed by atoms with E-state index in [1.165, 1.54) is 7.11 Å². The molecule has 0 aliphatic heterocycles. The Morgan fingerprint density at radius 3 is 2.43 bits per heavy atom. The Kier molecular flexibility index (Phi) is 7.31. The summed E-state index contributed by atoms with van der Waals surface area (Å²) >= 11 is 0. The van der Waals surface area contributed by atoms with Crippen molar-refractivity contribution in [1.29, 1.82) is 0 Å². The van der Waals surface area contributed by atoms with Crippen LogP contribution in [-0.2, 0) is 9.53 Å². The van der Waals surface area contributed by atoms with Gasteiger partial charge in [-0.05, 0) is 27.3 Å². The Hall–Kier alpha value is -0.870. The van der Waals surface area contributed by atoms with E-state index in [0.29, 0.717) is 0 Å². The molecule has 0 saturated carbocycles. The Labute approximate surface area is 86.5 Å². The molecule has 84 valence electrons. The highest BCUT2D eigenvalue weighted by Crippen LogP contribution is 2.14. The van der Waals surface area contributed by atoms with Gasteiger partial charge in [0.2, 0.25) is 0 Å². The molecule has 4 nitrogen and oxygen atoms in total. The van der Waals surface area contributed by atoms with Gasteiger partial charge in [-0.2, -0.15) is 0 Å². The zero-order valence-electron chi connectivity index (χ0n) is 9.67. The van der Waals surface area contributed by atoms with Crippen molar-refractivity contribution < 1.29 is 9.53 Å². The molecule has 0 heterocycles. The molecule has 14 heavy (non-hydrogen) atoms. The summed E-state index contributed by atoms with van der Waals surface area (Å²) in [5.74, 6) is -0.209. The molecule has 0 bridgehead atoms. The summed E-state index contributed by atoms with van der Waals surface area (Å²) in [7, 11) is 3.31. The van der Waals surface area contributed by atoms with E-state index in [4.69, 9.17) is 4.74 Å². The first-order chi connectivity index (χ1) is 5.96. The highest BCUT2D eigenvalue weighted by molar-refractivity contribution is 5.79. The standard InChI is InChI=1S/C10H19NO2.H3N/c1-6-7-8-11(4)10(2,3)9(12)13-5;/h6H,1,7-8H2,2-5H3;1H3. The van der Waals surface area contributed by atoms with Gasteiger partial charge in [-0.25, -0.2) is 0 Å². The van der Waals surface area contributed by atoms with E-state index in [0.717, 1.165) is 13.0 Å². The Morgan fingerprint density at radius 1 is 1.57 bits per heavy atom. The van der Waals surface area contributed by atoms with Crippen LogP contribution in [0.1, 0.15) is 20.3 Å². The van der Waals surface area contributed by atoms with Crippen LogP contribution < -0.4 is 6.15 Å². The van der Waals surface area contributed by atoms with Crippen LogP contribution in [0.4, 0.5) is 0 Å². The molecule has 0 spiro atoms. The lowest BCUT2D eigenvalue weighted by Gasteiger charge is -2.32. The highest BCUT2D eigenvalue weighted by Gasteiger charge is 2.32. The zero-order valence-corrected chi connectivity index (χ0v) is 9.67. The second-order valence-electron chi connectivity index (χ2n) is 3.55. The molecule has 0 atom stereocenters. The van der Waals surface area contributed by atoms with E-state index in [2.05, 4.69) is 6.58 Å². The van der Waals surface area contributed by atoms with E-state index in [1.807, 2.05) is 31.9 Å². The molecule has 0 unspecified atom stereocenters. The Balaban J connectivity index is 0. The zero-order chi connectivity index (χ0) is 10.5. The van der Waals surface area contributed by atoms with Crippen LogP contribution in [-0.4, -0.2) is 37.1 Å². The van der Waals surface area contributed by atoms with E-state index in [-0.39, 0.29) is 12.1 Å². The summed E-state index contributed by atoms with van der Waals surface area (Å²) in [5, 5.41) is 0. The van der Waals surface area contributed by atoms with Gasteiger partial charge in [-0.3, -0.25) is 9.69 Å². The van der Waals surface area contributed by atoms with Crippen LogP contribution in [0, 0.1) is 0 Å². The highest BCUT2D eigenvalue weighted by atomic mass is 16.5. The van der Waals surface area contributed by atoms with Crippen molar-refractivity contribution in [3.05, 3.63) is 12.7 Å². The minimum atomic E-state index is -0.558. The molecular weight excluding hydrogens is 180 g/mol. The third-order valence-electron chi connectivity index (χ3n) is 2.31. The monoisotopic (exact) mass is 202 g/mol. The van der Waals surface area contributed by atoms with Crippen LogP contribution in [0.3, 0.4) is 0 Å². The maximum absolute atomic E-state index is 11.3. The molecule has 0 aromatic heterocycles. The fourth-order valence-corrected chi connectivity index (χ4v) is 0.970. The summed E-state index contributed by atoms with van der Waals surface area (Å²) in [6.45, 7) is 8.15. The molecule has 0 saturated heterocycles. The number of hydrogen-bond acceptors (Lipinski definition) is 4. The molecule has 0 aromatic rings. The van der Waals surface area contributed by atoms with Crippen molar-refractivity contribution in [2.75, 3.05) is 20.7 Å². The topological polar surface area (TPSA) is 64.5 Å². The van der Waals surface area contributed by atoms with Crippen molar-refractivity contribution in [2.24, 2.45) is 0 Å². The second kappa shape index (κ2) is 6.56. The molecule has 0 aliphatic rings. The van der Waals surface area contributed by atoms with Gasteiger partial charge < -0.3 is 10.9 Å². The van der Waals surface area contributed by atoms with Crippen LogP contribution >= 0.6 is 0 Å². The molecule has 0 aliphatic carbocycles. The van der Waals surface area contributed by atoms with Crippen molar-refractivity contribution in [3.63, 3.8) is 0 Å². The number of ether oxygens (including phenoxy) is 1. The molecule has 4 heteroatoms. The largest absolute Gasteiger partial charge is 0.468 e. The average Bonchev–Trinajstić information content (AvgIpc) is 2.12. The molecule has 0 amide bonds. The maximum atomic E-state index is 11.3. The quantitative estimate of drug-likeness (QED) is 0.543. The number of rotatable bonds is 5. The Bertz CT molecular complexity index is 191. The summed E-state index contributed by atoms with van der Waals surface area (Å²) in [4.78, 5) is 13.3. The van der Waals surface area contributed by atoms with Crippen LogP contribution in [0.5, 0.6) is 0 Å². The number of hydrogen-bond donors (Lipinski definition) is 1. The lowest BCUT2D eigenvalue weighted by Crippen LogP contribution is -2.48. The number of methoxy groups -OCH3 is 1. The summed E-state index contributed by atoms with van der Waals surface area (Å²) < 4.78 is 4.71. The molecule has 0 fully saturated rings. The number of nitrogens with zero attached hydrogens (tertiary/aromatic N) is 1. The van der Waals surface area contributed by atoms with Crippen LogP contribution in [0.15, 0.2) is 12.7 Å². The predicted molar refractivity (Wildman–Crippen MR) is 58.6 cm³/mol. The lowest BCUT2D eigenvalue weighted by molar-refractivity contribution is -0.152. The normalized spacial score (nSPS) is 10.6. The minimum Gasteiger partial charge on any atom is -0.468 e. The van der Waals surface area contributed by atoms with Crippen LogP contribution in [0.25, 0.3) is 0 Å². The van der Waals surface area contributed by atoms with Crippen molar-refractivity contribution in [3.8, 4) is 0 Å². The summed E-state index contributed by atoms with van der Waals surface area (Å²) in [5.41, 5.74) is -0.558. The van der Waals surface area contributed by atoms with E-state index in [1.54, 1.807) is 0 Å². The molecule has 0 aromatic carbocycles. The maximum Gasteiger partial charge on any atom is 0.325 e. The Morgan fingerprint density at radius 2 is 2.07 bits per heavy atom. The van der Waals surface area contributed by atoms with Crippen molar-refractivity contribution >= 4 is 5.97 Å². The molecular formula is C10H22N2O2. The van der Waals surface area contributed by atoms with E-state index >= 15 is 0 Å². The van der Waals surface area contributed by atoms with Crippen LogP contribution in [0.2, 0.25) is 0 Å². The van der Waals surface area contributed by atoms with Gasteiger partial charge in [0.25, 0.3) is 0 Å². The first-order valence-corrected chi connectivity index (χ1v) is 4.37. The number of esters is 1. The van der Waals surface area contributed by atoms with Gasteiger partial charge in [-0.1, -0.05) is 6.08 Å². The third-order valence-corrected chi connectivity index (χ3v) is 2.31. The summed E-state index contributed by atoms with van der Waals surface area (Å²) in [6, 6.07) is 0. The number of carbonyl (C=O) groups is 1. The fourth-order valence-electron chi connectivity index (χ4n) is 0.970. The first-order valence-electron chi connectivity index (χ1n) is 4.37. The molecule has 0 rings (SSSR count). The minimum absolute atomic E-state index is 0. The average molecular weight is 202 g/mol. The van der Waals surface area contributed by atoms with E-state index < -0.39 is 5.54 Å². The van der Waals surface area contributed by atoms with Gasteiger partial charge >= 0.3 is 5.97 Å². The van der Waals surface area contributed by atoms with Gasteiger partial charge in [0, 0.05) is 6.54 Å². The SMILES string of the molecule is C=CCCN(C)C(C)(C)C(=O)OC.N. The fraction of sp³-hybridized carbons (Fsp3) is 0.700. The summed E-state index contributed by atoms with van der Waals surface area (Å²) in [6.07, 6.45) is 2.71. The van der Waals surface area contributed by atoms with Crippen molar-refractivity contribution in [1.82, 2.24) is 11.1 Å². The third kappa shape index (κ3) is 3.89. The van der Waals surface area contributed by atoms with Gasteiger partial charge in [0.1, 0.15) is 5.54 Å². The van der Waals surface area contributed by atoms with Crippen molar-refractivity contribution in [2.45, 2.75) is 25.8 Å². The number of carbonyl (C=O) groups excluding carboxylic acids is 1.